The molecule has 0 saturated carbocycles. The first-order valence-corrected chi connectivity index (χ1v) is 8.26. The van der Waals surface area contributed by atoms with Crippen molar-refractivity contribution < 1.29 is 9.31 Å². The summed E-state index contributed by atoms with van der Waals surface area (Å²) in [6, 6.07) is 10.6. The number of aryl methyl sites for hydroxylation is 1. The summed E-state index contributed by atoms with van der Waals surface area (Å²) in [7, 11) is -0.163. The van der Waals surface area contributed by atoms with Crippen LogP contribution in [0.5, 0.6) is 0 Å². The molecule has 120 valence electrons. The van der Waals surface area contributed by atoms with Gasteiger partial charge in [0, 0.05) is 5.82 Å². The van der Waals surface area contributed by atoms with E-state index in [1.54, 1.807) is 0 Å². The molecule has 0 radical (unpaired) electrons. The molecule has 1 aromatic rings. The minimum Gasteiger partial charge on any atom is -0.403 e. The first-order chi connectivity index (χ1) is 10.2. The quantitative estimate of drug-likeness (QED) is 0.560. The predicted molar refractivity (Wildman–Crippen MR) is 94.0 cm³/mol. The van der Waals surface area contributed by atoms with Gasteiger partial charge in [0.1, 0.15) is 0 Å². The molecule has 1 fully saturated rings. The van der Waals surface area contributed by atoms with E-state index in [0.29, 0.717) is 0 Å². The molecule has 3 heteroatoms. The average molecular weight is 300 g/mol. The van der Waals surface area contributed by atoms with E-state index >= 15 is 0 Å². The van der Waals surface area contributed by atoms with E-state index in [9.17, 15) is 0 Å². The first-order valence-electron chi connectivity index (χ1n) is 8.26. The van der Waals surface area contributed by atoms with E-state index in [1.807, 2.05) is 0 Å². The van der Waals surface area contributed by atoms with Gasteiger partial charge in [0.2, 0.25) is 0 Å². The Labute approximate surface area is 136 Å². The van der Waals surface area contributed by atoms with Gasteiger partial charge in [0.15, 0.2) is 0 Å². The Bertz CT molecular complexity index is 499. The summed E-state index contributed by atoms with van der Waals surface area (Å²) >= 11 is 0. The third-order valence-corrected chi connectivity index (χ3v) is 4.78. The molecule has 0 spiro atoms. The molecule has 1 saturated heterocycles. The number of hydrogen-bond acceptors (Lipinski definition) is 2. The van der Waals surface area contributed by atoms with E-state index in [1.165, 1.54) is 11.1 Å². The zero-order valence-electron chi connectivity index (χ0n) is 14.8. The van der Waals surface area contributed by atoms with Gasteiger partial charge in [0.05, 0.1) is 11.2 Å². The van der Waals surface area contributed by atoms with Crippen LogP contribution in [0.1, 0.15) is 53.5 Å². The summed E-state index contributed by atoms with van der Waals surface area (Å²) in [5, 5.41) is 0. The second-order valence-corrected chi connectivity index (χ2v) is 7.56. The molecule has 1 aliphatic heterocycles. The first kappa shape index (κ1) is 17.3. The molecule has 1 aliphatic rings. The van der Waals surface area contributed by atoms with Crippen LogP contribution in [0.3, 0.4) is 0 Å². The van der Waals surface area contributed by atoms with Crippen LogP contribution in [-0.2, 0) is 15.7 Å². The minimum absolute atomic E-state index is 0.163. The summed E-state index contributed by atoms with van der Waals surface area (Å²) < 4.78 is 12.5. The third kappa shape index (κ3) is 4.02. The third-order valence-electron chi connectivity index (χ3n) is 4.78. The Kier molecular flexibility index (Phi) is 5.19. The summed E-state index contributed by atoms with van der Waals surface area (Å²) in [5.41, 5.74) is 2.15. The second kappa shape index (κ2) is 6.60. The lowest BCUT2D eigenvalue weighted by Crippen LogP contribution is -2.41. The fourth-order valence-corrected chi connectivity index (χ4v) is 2.77. The fraction of sp³-hybridized carbons (Fsp3) is 0.579. The predicted octanol–water partition coefficient (Wildman–Crippen LogP) is 5.05. The highest BCUT2D eigenvalue weighted by Gasteiger charge is 2.53. The van der Waals surface area contributed by atoms with Gasteiger partial charge in [-0.1, -0.05) is 42.0 Å². The monoisotopic (exact) mass is 300 g/mol. The molecule has 1 atom stereocenters. The largest absolute Gasteiger partial charge is 0.465 e. The summed E-state index contributed by atoms with van der Waals surface area (Å²) in [6.07, 6.45) is 4.37. The molecule has 0 aromatic heterocycles. The molecule has 0 unspecified atom stereocenters. The molecule has 1 aromatic carbocycles. The van der Waals surface area contributed by atoms with E-state index < -0.39 is 0 Å². The Morgan fingerprint density at radius 1 is 1.05 bits per heavy atom. The molecular formula is C19H29BO2. The minimum atomic E-state index is -0.266. The van der Waals surface area contributed by atoms with Crippen molar-refractivity contribution in [2.75, 3.05) is 0 Å². The fourth-order valence-electron chi connectivity index (χ4n) is 2.77. The van der Waals surface area contributed by atoms with Gasteiger partial charge < -0.3 is 9.31 Å². The van der Waals surface area contributed by atoms with E-state index in [4.69, 9.17) is 9.31 Å². The van der Waals surface area contributed by atoms with Crippen molar-refractivity contribution in [3.05, 3.63) is 47.5 Å². The van der Waals surface area contributed by atoms with Crippen molar-refractivity contribution in [3.63, 3.8) is 0 Å². The smallest absolute Gasteiger partial charge is 0.403 e. The Hall–Kier alpha value is -1.06. The van der Waals surface area contributed by atoms with Gasteiger partial charge in [-0.25, -0.2) is 0 Å². The lowest BCUT2D eigenvalue weighted by molar-refractivity contribution is 0.00578. The SMILES string of the molecule is CC(C)=C[C@H](CCc1ccccc1)B1OC(C)(C)C(C)(C)O1. The number of hydrogen-bond donors (Lipinski definition) is 0. The van der Waals surface area contributed by atoms with Crippen LogP contribution in [0, 0.1) is 0 Å². The van der Waals surface area contributed by atoms with Crippen LogP contribution < -0.4 is 0 Å². The molecule has 0 amide bonds. The highest BCUT2D eigenvalue weighted by atomic mass is 16.7. The second-order valence-electron chi connectivity index (χ2n) is 7.56. The van der Waals surface area contributed by atoms with Gasteiger partial charge in [-0.3, -0.25) is 0 Å². The molecule has 0 N–H and O–H groups in total. The molecular weight excluding hydrogens is 271 g/mol. The Balaban J connectivity index is 2.09. The van der Waals surface area contributed by atoms with Gasteiger partial charge in [-0.05, 0) is 59.9 Å². The van der Waals surface area contributed by atoms with Gasteiger partial charge in [-0.2, -0.15) is 0 Å². The van der Waals surface area contributed by atoms with Gasteiger partial charge >= 0.3 is 7.12 Å². The maximum atomic E-state index is 6.25. The van der Waals surface area contributed by atoms with Crippen LogP contribution in [0.25, 0.3) is 0 Å². The number of allylic oxidation sites excluding steroid dienone is 2. The molecule has 1 heterocycles. The summed E-state index contributed by atoms with van der Waals surface area (Å²) in [6.45, 7) is 12.7. The standard InChI is InChI=1S/C19H29BO2/c1-15(2)14-17(13-12-16-10-8-7-9-11-16)20-21-18(3,4)19(5,6)22-20/h7-11,14,17H,12-13H2,1-6H3/t17-/m0/s1. The van der Waals surface area contributed by atoms with Crippen molar-refractivity contribution in [2.24, 2.45) is 0 Å². The Morgan fingerprint density at radius 2 is 1.59 bits per heavy atom. The van der Waals surface area contributed by atoms with Crippen molar-refractivity contribution in [2.45, 2.75) is 71.4 Å². The zero-order valence-corrected chi connectivity index (χ0v) is 14.8. The van der Waals surface area contributed by atoms with Gasteiger partial charge in [0.25, 0.3) is 0 Å². The normalized spacial score (nSPS) is 20.7. The van der Waals surface area contributed by atoms with Crippen molar-refractivity contribution >= 4 is 7.12 Å². The number of rotatable bonds is 5. The summed E-state index contributed by atoms with van der Waals surface area (Å²) in [5.74, 6) is 0.284. The van der Waals surface area contributed by atoms with Crippen LogP contribution >= 0.6 is 0 Å². The molecule has 22 heavy (non-hydrogen) atoms. The van der Waals surface area contributed by atoms with E-state index in [0.717, 1.165) is 12.8 Å². The lowest BCUT2D eigenvalue weighted by atomic mass is 9.68. The average Bonchev–Trinajstić information content (AvgIpc) is 2.64. The molecule has 0 aliphatic carbocycles. The van der Waals surface area contributed by atoms with Crippen LogP contribution in [0.15, 0.2) is 42.0 Å². The number of benzene rings is 1. The van der Waals surface area contributed by atoms with E-state index in [2.05, 4.69) is 78.0 Å². The topological polar surface area (TPSA) is 18.5 Å². The van der Waals surface area contributed by atoms with Crippen LogP contribution in [0.2, 0.25) is 5.82 Å². The van der Waals surface area contributed by atoms with Crippen molar-refractivity contribution in [1.29, 1.82) is 0 Å². The zero-order chi connectivity index (χ0) is 16.4. The maximum Gasteiger partial charge on any atom is 0.465 e. The van der Waals surface area contributed by atoms with Crippen LogP contribution in [-0.4, -0.2) is 18.3 Å². The van der Waals surface area contributed by atoms with Crippen LogP contribution in [0.4, 0.5) is 0 Å². The Morgan fingerprint density at radius 3 is 2.09 bits per heavy atom. The molecule has 0 bridgehead atoms. The van der Waals surface area contributed by atoms with Crippen molar-refractivity contribution in [1.82, 2.24) is 0 Å². The maximum absolute atomic E-state index is 6.25. The molecule has 2 rings (SSSR count). The summed E-state index contributed by atoms with van der Waals surface area (Å²) in [4.78, 5) is 0. The lowest BCUT2D eigenvalue weighted by Gasteiger charge is -2.32. The van der Waals surface area contributed by atoms with E-state index in [-0.39, 0.29) is 24.1 Å². The highest BCUT2D eigenvalue weighted by molar-refractivity contribution is 6.48. The van der Waals surface area contributed by atoms with Crippen molar-refractivity contribution in [3.8, 4) is 0 Å². The highest BCUT2D eigenvalue weighted by Crippen LogP contribution is 2.41. The molecule has 2 nitrogen and oxygen atoms in total. The van der Waals surface area contributed by atoms with Gasteiger partial charge in [-0.15, -0.1) is 0 Å².